The fourth-order valence-electron chi connectivity index (χ4n) is 3.29. The van der Waals surface area contributed by atoms with E-state index in [0.717, 1.165) is 38.3 Å². The van der Waals surface area contributed by atoms with Crippen LogP contribution in [0.25, 0.3) is 0 Å². The molecule has 3 rings (SSSR count). The standard InChI is InChI=1S/C23H31FN4O2/c24-21-7-9-22(10-8-21)27-12-14-28(15-13-27)23(25)26-11-4-16-29-17-18-30-19-20-5-2-1-3-6-20/h1-3,5-10H,4,11-19H2,(H2,25,26). The Balaban J connectivity index is 1.23. The Kier molecular flexibility index (Phi) is 8.93. The minimum atomic E-state index is -0.211. The fraction of sp³-hybridized carbons (Fsp3) is 0.435. The lowest BCUT2D eigenvalue weighted by molar-refractivity contribution is 0.0403. The molecule has 0 radical (unpaired) electrons. The average Bonchev–Trinajstić information content (AvgIpc) is 2.79. The van der Waals surface area contributed by atoms with Crippen molar-refractivity contribution in [1.82, 2.24) is 4.90 Å². The molecule has 2 aromatic carbocycles. The van der Waals surface area contributed by atoms with Crippen LogP contribution in [-0.2, 0) is 16.1 Å². The average molecular weight is 415 g/mol. The first-order valence-electron chi connectivity index (χ1n) is 10.5. The Hall–Kier alpha value is -2.64. The third kappa shape index (κ3) is 7.31. The van der Waals surface area contributed by atoms with Crippen LogP contribution in [0.5, 0.6) is 0 Å². The first-order valence-corrected chi connectivity index (χ1v) is 10.5. The van der Waals surface area contributed by atoms with Crippen LogP contribution in [0.1, 0.15) is 12.0 Å². The molecular formula is C23H31FN4O2. The Labute approximate surface area is 178 Å². The summed E-state index contributed by atoms with van der Waals surface area (Å²) in [4.78, 5) is 8.80. The van der Waals surface area contributed by atoms with Crippen LogP contribution in [0.4, 0.5) is 10.1 Å². The molecule has 1 heterocycles. The number of halogens is 1. The van der Waals surface area contributed by atoms with Crippen LogP contribution in [0, 0.1) is 5.82 Å². The van der Waals surface area contributed by atoms with Crippen molar-refractivity contribution in [2.75, 3.05) is 57.4 Å². The summed E-state index contributed by atoms with van der Waals surface area (Å²) in [6.45, 7) is 6.36. The summed E-state index contributed by atoms with van der Waals surface area (Å²) < 4.78 is 24.2. The van der Waals surface area contributed by atoms with Gasteiger partial charge in [-0.1, -0.05) is 30.3 Å². The highest BCUT2D eigenvalue weighted by molar-refractivity contribution is 5.78. The van der Waals surface area contributed by atoms with Crippen LogP contribution in [0.2, 0.25) is 0 Å². The van der Waals surface area contributed by atoms with E-state index in [0.29, 0.717) is 38.9 Å². The highest BCUT2D eigenvalue weighted by atomic mass is 19.1. The van der Waals surface area contributed by atoms with Crippen LogP contribution in [-0.4, -0.2) is 63.4 Å². The molecule has 7 heteroatoms. The molecule has 0 spiro atoms. The van der Waals surface area contributed by atoms with Crippen LogP contribution in [0.15, 0.2) is 59.6 Å². The number of rotatable bonds is 10. The van der Waals surface area contributed by atoms with E-state index in [1.807, 2.05) is 42.5 Å². The number of hydrogen-bond donors (Lipinski definition) is 1. The molecule has 2 aromatic rings. The van der Waals surface area contributed by atoms with Gasteiger partial charge >= 0.3 is 0 Å². The molecule has 0 amide bonds. The smallest absolute Gasteiger partial charge is 0.191 e. The molecule has 0 bridgehead atoms. The molecule has 1 saturated heterocycles. The van der Waals surface area contributed by atoms with Gasteiger partial charge in [-0.3, -0.25) is 4.99 Å². The van der Waals surface area contributed by atoms with E-state index >= 15 is 0 Å². The molecule has 0 aliphatic carbocycles. The summed E-state index contributed by atoms with van der Waals surface area (Å²) in [6.07, 6.45) is 0.828. The van der Waals surface area contributed by atoms with E-state index < -0.39 is 0 Å². The third-order valence-corrected chi connectivity index (χ3v) is 5.00. The number of anilines is 1. The minimum Gasteiger partial charge on any atom is -0.379 e. The SMILES string of the molecule is NC(=NCCCOCCOCc1ccccc1)N1CCN(c2ccc(F)cc2)CC1. The van der Waals surface area contributed by atoms with Gasteiger partial charge in [-0.2, -0.15) is 0 Å². The van der Waals surface area contributed by atoms with Crippen LogP contribution >= 0.6 is 0 Å². The first-order chi connectivity index (χ1) is 14.7. The van der Waals surface area contributed by atoms with Gasteiger partial charge in [0, 0.05) is 45.0 Å². The summed E-state index contributed by atoms with van der Waals surface area (Å²) in [7, 11) is 0. The maximum absolute atomic E-state index is 13.1. The van der Waals surface area contributed by atoms with Gasteiger partial charge in [0.05, 0.1) is 19.8 Å². The number of piperazine rings is 1. The normalized spacial score (nSPS) is 14.9. The summed E-state index contributed by atoms with van der Waals surface area (Å²) in [5.41, 5.74) is 8.34. The van der Waals surface area contributed by atoms with Gasteiger partial charge in [-0.25, -0.2) is 4.39 Å². The lowest BCUT2D eigenvalue weighted by atomic mass is 10.2. The second-order valence-corrected chi connectivity index (χ2v) is 7.19. The molecule has 0 saturated carbocycles. The van der Waals surface area contributed by atoms with E-state index in [-0.39, 0.29) is 5.82 Å². The molecule has 0 atom stereocenters. The largest absolute Gasteiger partial charge is 0.379 e. The monoisotopic (exact) mass is 414 g/mol. The maximum Gasteiger partial charge on any atom is 0.191 e. The predicted molar refractivity (Wildman–Crippen MR) is 118 cm³/mol. The second-order valence-electron chi connectivity index (χ2n) is 7.19. The van der Waals surface area contributed by atoms with E-state index in [9.17, 15) is 4.39 Å². The van der Waals surface area contributed by atoms with Gasteiger partial charge in [0.2, 0.25) is 0 Å². The van der Waals surface area contributed by atoms with E-state index in [1.165, 1.54) is 17.7 Å². The Morgan fingerprint density at radius 1 is 0.900 bits per heavy atom. The zero-order valence-corrected chi connectivity index (χ0v) is 17.4. The zero-order chi connectivity index (χ0) is 21.0. The van der Waals surface area contributed by atoms with Gasteiger partial charge < -0.3 is 25.0 Å². The van der Waals surface area contributed by atoms with Crippen molar-refractivity contribution in [3.05, 3.63) is 66.0 Å². The number of ether oxygens (including phenoxy) is 2. The molecule has 162 valence electrons. The highest BCUT2D eigenvalue weighted by Gasteiger charge is 2.18. The number of aliphatic imine (C=N–C) groups is 1. The lowest BCUT2D eigenvalue weighted by Crippen LogP contribution is -2.51. The van der Waals surface area contributed by atoms with Crippen molar-refractivity contribution in [3.8, 4) is 0 Å². The van der Waals surface area contributed by atoms with Crippen LogP contribution < -0.4 is 10.6 Å². The third-order valence-electron chi connectivity index (χ3n) is 5.00. The quantitative estimate of drug-likeness (QED) is 0.368. The number of benzene rings is 2. The zero-order valence-electron chi connectivity index (χ0n) is 17.4. The molecular weight excluding hydrogens is 383 g/mol. The maximum atomic E-state index is 13.1. The van der Waals surface area contributed by atoms with Crippen LogP contribution in [0.3, 0.4) is 0 Å². The van der Waals surface area contributed by atoms with Gasteiger partial charge in [0.1, 0.15) is 5.82 Å². The minimum absolute atomic E-state index is 0.211. The number of nitrogens with zero attached hydrogens (tertiary/aromatic N) is 3. The number of nitrogens with two attached hydrogens (primary N) is 1. The van der Waals surface area contributed by atoms with Crippen molar-refractivity contribution in [3.63, 3.8) is 0 Å². The van der Waals surface area contributed by atoms with Crippen molar-refractivity contribution >= 4 is 11.6 Å². The fourth-order valence-corrected chi connectivity index (χ4v) is 3.29. The lowest BCUT2D eigenvalue weighted by Gasteiger charge is -2.36. The van der Waals surface area contributed by atoms with E-state index in [1.54, 1.807) is 0 Å². The molecule has 1 fully saturated rings. The number of guanidine groups is 1. The molecule has 30 heavy (non-hydrogen) atoms. The van der Waals surface area contributed by atoms with Crippen molar-refractivity contribution < 1.29 is 13.9 Å². The van der Waals surface area contributed by atoms with Gasteiger partial charge in [-0.15, -0.1) is 0 Å². The molecule has 1 aliphatic heterocycles. The van der Waals surface area contributed by atoms with Crippen molar-refractivity contribution in [1.29, 1.82) is 0 Å². The van der Waals surface area contributed by atoms with E-state index in [4.69, 9.17) is 15.2 Å². The first kappa shape index (κ1) is 22.1. The molecule has 6 nitrogen and oxygen atoms in total. The summed E-state index contributed by atoms with van der Waals surface area (Å²) in [5, 5.41) is 0. The highest BCUT2D eigenvalue weighted by Crippen LogP contribution is 2.16. The topological polar surface area (TPSA) is 63.3 Å². The Bertz CT molecular complexity index is 763. The van der Waals surface area contributed by atoms with Crippen molar-refractivity contribution in [2.45, 2.75) is 13.0 Å². The molecule has 1 aliphatic rings. The number of hydrogen-bond acceptors (Lipinski definition) is 4. The molecule has 0 aromatic heterocycles. The Morgan fingerprint density at radius 3 is 2.33 bits per heavy atom. The predicted octanol–water partition coefficient (Wildman–Crippen LogP) is 2.89. The van der Waals surface area contributed by atoms with Gasteiger partial charge in [-0.05, 0) is 36.2 Å². The molecule has 0 unspecified atom stereocenters. The molecule has 2 N–H and O–H groups in total. The second kappa shape index (κ2) is 12.1. The summed E-state index contributed by atoms with van der Waals surface area (Å²) in [5.74, 6) is 0.373. The van der Waals surface area contributed by atoms with E-state index in [2.05, 4.69) is 14.8 Å². The summed E-state index contributed by atoms with van der Waals surface area (Å²) in [6, 6.07) is 16.7. The van der Waals surface area contributed by atoms with Gasteiger partial charge in [0.15, 0.2) is 5.96 Å². The van der Waals surface area contributed by atoms with Crippen molar-refractivity contribution in [2.24, 2.45) is 10.7 Å². The van der Waals surface area contributed by atoms with Gasteiger partial charge in [0.25, 0.3) is 0 Å². The summed E-state index contributed by atoms with van der Waals surface area (Å²) >= 11 is 0. The Morgan fingerprint density at radius 2 is 1.60 bits per heavy atom.